The molecule has 3 aromatic rings. The summed E-state index contributed by atoms with van der Waals surface area (Å²) in [6.07, 6.45) is 4.18. The van der Waals surface area contributed by atoms with E-state index in [0.717, 1.165) is 16.8 Å². The molecule has 0 unspecified atom stereocenters. The third-order valence-corrected chi connectivity index (χ3v) is 7.85. The van der Waals surface area contributed by atoms with E-state index in [1.165, 1.54) is 18.5 Å². The summed E-state index contributed by atoms with van der Waals surface area (Å²) >= 11 is 0. The number of carbonyl (C=O) groups excluding carboxylic acids is 1. The van der Waals surface area contributed by atoms with Crippen LogP contribution in [-0.2, 0) is 23.4 Å². The van der Waals surface area contributed by atoms with Crippen molar-refractivity contribution in [1.82, 2.24) is 19.7 Å². The molecule has 1 aliphatic carbocycles. The molecule has 0 radical (unpaired) electrons. The van der Waals surface area contributed by atoms with Crippen LogP contribution in [0.1, 0.15) is 40.4 Å². The summed E-state index contributed by atoms with van der Waals surface area (Å²) in [7, 11) is -0.932. The predicted molar refractivity (Wildman–Crippen MR) is 127 cm³/mol. The molecule has 2 aliphatic rings. The molecule has 3 heterocycles. The van der Waals surface area contributed by atoms with E-state index >= 15 is 0 Å². The van der Waals surface area contributed by atoms with Gasteiger partial charge in [-0.05, 0) is 48.7 Å². The number of hydrogen-bond acceptors (Lipinski definition) is 6. The molecular formula is C24H27N5O3S. The lowest BCUT2D eigenvalue weighted by molar-refractivity contribution is 0.102. The molecule has 8 nitrogen and oxygen atoms in total. The molecule has 0 bridgehead atoms. The molecule has 0 spiro atoms. The number of benzene rings is 1. The summed E-state index contributed by atoms with van der Waals surface area (Å²) in [5.41, 5.74) is 4.59. The highest BCUT2D eigenvalue weighted by Crippen LogP contribution is 2.40. The molecule has 1 N–H and O–H groups in total. The zero-order valence-electron chi connectivity index (χ0n) is 18.6. The van der Waals surface area contributed by atoms with Gasteiger partial charge in [-0.1, -0.05) is 12.1 Å². The lowest BCUT2D eigenvalue weighted by Gasteiger charge is -2.26. The molecule has 1 saturated carbocycles. The first-order valence-corrected chi connectivity index (χ1v) is 13.0. The largest absolute Gasteiger partial charge is 0.307 e. The Morgan fingerprint density at radius 2 is 1.91 bits per heavy atom. The van der Waals surface area contributed by atoms with Crippen molar-refractivity contribution in [2.24, 2.45) is 7.05 Å². The second kappa shape index (κ2) is 8.72. The molecule has 5 rings (SSSR count). The highest BCUT2D eigenvalue weighted by molar-refractivity contribution is 7.91. The molecule has 0 atom stereocenters. The fraction of sp³-hybridized carbons (Fsp3) is 0.375. The molecule has 9 heteroatoms. The van der Waals surface area contributed by atoms with E-state index in [2.05, 4.69) is 26.4 Å². The van der Waals surface area contributed by atoms with Crippen LogP contribution in [0.5, 0.6) is 0 Å². The van der Waals surface area contributed by atoms with Crippen LogP contribution in [0.25, 0.3) is 11.3 Å². The molecule has 2 aromatic heterocycles. The Bertz CT molecular complexity index is 1270. The number of rotatable bonds is 6. The molecule has 2 fully saturated rings. The van der Waals surface area contributed by atoms with Gasteiger partial charge in [-0.2, -0.15) is 5.10 Å². The molecule has 1 saturated heterocycles. The first-order chi connectivity index (χ1) is 15.9. The predicted octanol–water partition coefficient (Wildman–Crippen LogP) is 2.84. The van der Waals surface area contributed by atoms with E-state index < -0.39 is 9.84 Å². The molecule has 1 aromatic carbocycles. The van der Waals surface area contributed by atoms with Crippen molar-refractivity contribution in [3.63, 3.8) is 0 Å². The Labute approximate surface area is 193 Å². The number of sulfone groups is 1. The average Bonchev–Trinajstić information content (AvgIpc) is 3.57. The monoisotopic (exact) mass is 465 g/mol. The Balaban J connectivity index is 1.22. The van der Waals surface area contributed by atoms with Gasteiger partial charge in [-0.25, -0.2) is 13.4 Å². The summed E-state index contributed by atoms with van der Waals surface area (Å²) < 4.78 is 25.2. The van der Waals surface area contributed by atoms with Crippen LogP contribution in [0, 0.1) is 0 Å². The number of pyridine rings is 1. The van der Waals surface area contributed by atoms with Crippen molar-refractivity contribution in [2.75, 3.05) is 29.9 Å². The minimum Gasteiger partial charge on any atom is -0.307 e. The van der Waals surface area contributed by atoms with Crippen LogP contribution in [0.4, 0.5) is 5.82 Å². The van der Waals surface area contributed by atoms with Gasteiger partial charge >= 0.3 is 0 Å². The van der Waals surface area contributed by atoms with Crippen LogP contribution in [-0.4, -0.2) is 58.6 Å². The van der Waals surface area contributed by atoms with Gasteiger partial charge in [0, 0.05) is 55.6 Å². The topological polar surface area (TPSA) is 97.2 Å². The summed E-state index contributed by atoms with van der Waals surface area (Å²) in [6, 6.07) is 13.2. The van der Waals surface area contributed by atoms with Gasteiger partial charge in [0.1, 0.15) is 5.82 Å². The highest BCUT2D eigenvalue weighted by Gasteiger charge is 2.27. The van der Waals surface area contributed by atoms with E-state index in [-0.39, 0.29) is 17.4 Å². The van der Waals surface area contributed by atoms with Crippen LogP contribution in [0.3, 0.4) is 0 Å². The number of amides is 1. The maximum absolute atomic E-state index is 12.8. The van der Waals surface area contributed by atoms with Crippen molar-refractivity contribution in [1.29, 1.82) is 0 Å². The van der Waals surface area contributed by atoms with Gasteiger partial charge in [-0.3, -0.25) is 14.4 Å². The van der Waals surface area contributed by atoms with E-state index in [4.69, 9.17) is 0 Å². The summed E-state index contributed by atoms with van der Waals surface area (Å²) in [5.74, 6) is 1.26. The van der Waals surface area contributed by atoms with E-state index in [1.54, 1.807) is 18.3 Å². The van der Waals surface area contributed by atoms with Gasteiger partial charge in [0.15, 0.2) is 9.84 Å². The zero-order chi connectivity index (χ0) is 23.0. The van der Waals surface area contributed by atoms with Gasteiger partial charge in [-0.15, -0.1) is 0 Å². The number of aromatic nitrogens is 3. The Hall–Kier alpha value is -3.04. The Morgan fingerprint density at radius 1 is 1.12 bits per heavy atom. The minimum absolute atomic E-state index is 0.190. The first kappa shape index (κ1) is 21.8. The van der Waals surface area contributed by atoms with E-state index in [1.807, 2.05) is 36.0 Å². The normalized spacial score (nSPS) is 18.2. The van der Waals surface area contributed by atoms with Gasteiger partial charge in [0.25, 0.3) is 5.91 Å². The first-order valence-electron chi connectivity index (χ1n) is 11.2. The standard InChI is InChI=1S/C24H27N5O3S/c1-28-22(18-5-6-18)14-21(27-28)20-7-8-23(25-15-20)26-24(30)19-4-2-3-17(13-19)16-29-9-11-33(31,32)12-10-29/h2-4,7-8,13-15,18H,5-6,9-12,16H2,1H3,(H,25,26,30). The highest BCUT2D eigenvalue weighted by atomic mass is 32.2. The Morgan fingerprint density at radius 3 is 2.61 bits per heavy atom. The van der Waals surface area contributed by atoms with Crippen LogP contribution >= 0.6 is 0 Å². The van der Waals surface area contributed by atoms with Gasteiger partial charge < -0.3 is 5.32 Å². The fourth-order valence-corrected chi connectivity index (χ4v) is 5.45. The van der Waals surface area contributed by atoms with Crippen molar-refractivity contribution >= 4 is 21.6 Å². The van der Waals surface area contributed by atoms with Crippen molar-refractivity contribution in [2.45, 2.75) is 25.3 Å². The van der Waals surface area contributed by atoms with E-state index in [9.17, 15) is 13.2 Å². The second-order valence-electron chi connectivity index (χ2n) is 8.87. The quantitative estimate of drug-likeness (QED) is 0.601. The van der Waals surface area contributed by atoms with Crippen LogP contribution < -0.4 is 5.32 Å². The number of nitrogens with zero attached hydrogens (tertiary/aromatic N) is 4. The maximum atomic E-state index is 12.8. The van der Waals surface area contributed by atoms with E-state index in [0.29, 0.717) is 36.9 Å². The van der Waals surface area contributed by atoms with Crippen LogP contribution in [0.15, 0.2) is 48.7 Å². The molecule has 1 aliphatic heterocycles. The summed E-state index contributed by atoms with van der Waals surface area (Å²) in [4.78, 5) is 19.3. The fourth-order valence-electron chi connectivity index (χ4n) is 4.17. The zero-order valence-corrected chi connectivity index (χ0v) is 19.4. The molecular weight excluding hydrogens is 438 g/mol. The minimum atomic E-state index is -2.91. The molecule has 1 amide bonds. The smallest absolute Gasteiger partial charge is 0.256 e. The maximum Gasteiger partial charge on any atom is 0.256 e. The average molecular weight is 466 g/mol. The second-order valence-corrected chi connectivity index (χ2v) is 11.2. The van der Waals surface area contributed by atoms with Crippen molar-refractivity contribution in [3.05, 3.63) is 65.5 Å². The Kier molecular flexibility index (Phi) is 5.76. The lowest BCUT2D eigenvalue weighted by Crippen LogP contribution is -2.39. The molecule has 172 valence electrons. The summed E-state index contributed by atoms with van der Waals surface area (Å²) in [6.45, 7) is 1.66. The number of anilines is 1. The number of nitrogens with one attached hydrogen (secondary N) is 1. The third kappa shape index (κ3) is 5.15. The lowest BCUT2D eigenvalue weighted by atomic mass is 10.1. The van der Waals surface area contributed by atoms with Crippen molar-refractivity contribution < 1.29 is 13.2 Å². The third-order valence-electron chi connectivity index (χ3n) is 6.24. The summed E-state index contributed by atoms with van der Waals surface area (Å²) in [5, 5.41) is 7.45. The number of aryl methyl sites for hydroxylation is 1. The SMILES string of the molecule is Cn1nc(-c2ccc(NC(=O)c3cccc(CN4CCS(=O)(=O)CC4)c3)nc2)cc1C1CC1. The van der Waals surface area contributed by atoms with Crippen molar-refractivity contribution in [3.8, 4) is 11.3 Å². The molecule has 33 heavy (non-hydrogen) atoms. The number of hydrogen-bond donors (Lipinski definition) is 1. The van der Waals surface area contributed by atoms with Crippen LogP contribution in [0.2, 0.25) is 0 Å². The van der Waals surface area contributed by atoms with Gasteiger partial charge in [0.05, 0.1) is 17.2 Å². The van der Waals surface area contributed by atoms with Gasteiger partial charge in [0.2, 0.25) is 0 Å². The number of carbonyl (C=O) groups is 1.